The van der Waals surface area contributed by atoms with Gasteiger partial charge in [-0.1, -0.05) is 18.0 Å². The summed E-state index contributed by atoms with van der Waals surface area (Å²) < 4.78 is 14.2. The predicted molar refractivity (Wildman–Crippen MR) is 74.8 cm³/mol. The van der Waals surface area contributed by atoms with Gasteiger partial charge in [-0.3, -0.25) is 4.79 Å². The quantitative estimate of drug-likeness (QED) is 0.824. The molecule has 2 aliphatic carbocycles. The third kappa shape index (κ3) is 1.84. The Labute approximate surface area is 123 Å². The average molecular weight is 346 g/mol. The highest BCUT2D eigenvalue weighted by Gasteiger charge is 2.44. The molecule has 0 bridgehead atoms. The van der Waals surface area contributed by atoms with E-state index < -0.39 is 11.6 Å². The van der Waals surface area contributed by atoms with Crippen molar-refractivity contribution in [2.24, 2.45) is 11.8 Å². The fraction of sp³-hybridized carbons (Fsp3) is 0.357. The van der Waals surface area contributed by atoms with Crippen LogP contribution in [0.25, 0.3) is 5.57 Å². The summed E-state index contributed by atoms with van der Waals surface area (Å²) in [7, 11) is 0. The van der Waals surface area contributed by atoms with Crippen LogP contribution in [-0.4, -0.2) is 10.9 Å². The number of rotatable bonds is 1. The molecule has 0 aromatic heterocycles. The third-order valence-electron chi connectivity index (χ3n) is 4.03. The van der Waals surface area contributed by atoms with Gasteiger partial charge in [-0.05, 0) is 52.4 Å². The number of hydrogen-bond donors (Lipinski definition) is 1. The maximum Gasteiger partial charge on any atom is 0.183 e. The normalized spacial score (nSPS) is 26.2. The van der Waals surface area contributed by atoms with Gasteiger partial charge in [0.25, 0.3) is 0 Å². The van der Waals surface area contributed by atoms with Crippen molar-refractivity contribution in [3.8, 4) is 5.75 Å². The van der Waals surface area contributed by atoms with Crippen molar-refractivity contribution in [1.29, 1.82) is 0 Å². The molecule has 0 saturated heterocycles. The lowest BCUT2D eigenvalue weighted by Gasteiger charge is -2.15. The summed E-state index contributed by atoms with van der Waals surface area (Å²) in [4.78, 5) is 12.1. The number of halogens is 3. The molecule has 19 heavy (non-hydrogen) atoms. The van der Waals surface area contributed by atoms with E-state index in [1.54, 1.807) is 6.07 Å². The number of carbonyl (C=O) groups excluding carboxylic acids is 1. The first-order valence-electron chi connectivity index (χ1n) is 6.13. The predicted octanol–water partition coefficient (Wildman–Crippen LogP) is 4.29. The molecule has 100 valence electrons. The number of Topliss-reactive ketones (excluding diaryl/α,β-unsaturated/α-hetero) is 1. The van der Waals surface area contributed by atoms with E-state index in [0.717, 1.165) is 24.8 Å². The zero-order valence-corrected chi connectivity index (χ0v) is 12.3. The summed E-state index contributed by atoms with van der Waals surface area (Å²) in [6.07, 6.45) is 2.79. The Morgan fingerprint density at radius 3 is 2.74 bits per heavy atom. The number of benzene rings is 1. The maximum atomic E-state index is 13.7. The molecule has 0 amide bonds. The Balaban J connectivity index is 2.16. The highest BCUT2D eigenvalue weighted by atomic mass is 79.9. The molecule has 3 rings (SSSR count). The zero-order valence-electron chi connectivity index (χ0n) is 9.92. The lowest BCUT2D eigenvalue weighted by atomic mass is 9.90. The Kier molecular flexibility index (Phi) is 3.18. The summed E-state index contributed by atoms with van der Waals surface area (Å²) in [6.45, 7) is 0. The van der Waals surface area contributed by atoms with Gasteiger partial charge in [0.15, 0.2) is 17.3 Å². The smallest absolute Gasteiger partial charge is 0.183 e. The largest absolute Gasteiger partial charge is 0.505 e. The molecule has 5 heteroatoms. The van der Waals surface area contributed by atoms with Crippen LogP contribution in [-0.2, 0) is 4.79 Å². The lowest BCUT2D eigenvalue weighted by Crippen LogP contribution is -2.10. The second-order valence-electron chi connectivity index (χ2n) is 5.00. The second kappa shape index (κ2) is 4.60. The Hall–Kier alpha value is -0.870. The fourth-order valence-corrected chi connectivity index (χ4v) is 4.21. The van der Waals surface area contributed by atoms with Gasteiger partial charge in [0, 0.05) is 11.5 Å². The summed E-state index contributed by atoms with van der Waals surface area (Å²) in [6, 6.07) is 2.85. The molecule has 2 unspecified atom stereocenters. The molecular formula is C14H11BrClFO2. The van der Waals surface area contributed by atoms with E-state index in [2.05, 4.69) is 15.9 Å². The minimum atomic E-state index is -0.833. The number of allylic oxidation sites excluding steroid dienone is 2. The molecule has 0 spiro atoms. The van der Waals surface area contributed by atoms with Crippen molar-refractivity contribution in [2.75, 3.05) is 0 Å². The Morgan fingerprint density at radius 2 is 2.00 bits per heavy atom. The van der Waals surface area contributed by atoms with Crippen LogP contribution < -0.4 is 0 Å². The molecular weight excluding hydrogens is 335 g/mol. The van der Waals surface area contributed by atoms with Gasteiger partial charge in [0.05, 0.1) is 9.51 Å². The van der Waals surface area contributed by atoms with Gasteiger partial charge in [0.1, 0.15) is 0 Å². The van der Waals surface area contributed by atoms with E-state index >= 15 is 0 Å². The van der Waals surface area contributed by atoms with E-state index in [9.17, 15) is 14.3 Å². The lowest BCUT2D eigenvalue weighted by molar-refractivity contribution is -0.118. The molecule has 0 heterocycles. The summed E-state index contributed by atoms with van der Waals surface area (Å²) in [5.41, 5.74) is 1.29. The average Bonchev–Trinajstić information content (AvgIpc) is 2.94. The van der Waals surface area contributed by atoms with Crippen LogP contribution in [0.5, 0.6) is 5.75 Å². The van der Waals surface area contributed by atoms with Crippen LogP contribution in [0.15, 0.2) is 16.6 Å². The Bertz CT molecular complexity index is 612. The molecule has 2 aliphatic rings. The molecule has 1 N–H and O–H groups in total. The van der Waals surface area contributed by atoms with Gasteiger partial charge in [-0.2, -0.15) is 0 Å². The SMILES string of the molecule is O=C1C(Br)=C(c2ccc(O)c(F)c2Cl)C2CCCC12. The molecule has 0 radical (unpaired) electrons. The van der Waals surface area contributed by atoms with E-state index in [0.29, 0.717) is 10.0 Å². The molecule has 1 aromatic rings. The number of phenolic OH excluding ortho intramolecular Hbond substituents is 1. The Morgan fingerprint density at radius 1 is 1.32 bits per heavy atom. The van der Waals surface area contributed by atoms with Crippen LogP contribution in [0.2, 0.25) is 5.02 Å². The van der Waals surface area contributed by atoms with Crippen molar-refractivity contribution >= 4 is 38.9 Å². The number of carbonyl (C=O) groups is 1. The highest BCUT2D eigenvalue weighted by Crippen LogP contribution is 2.52. The number of fused-ring (bicyclic) bond motifs is 1. The van der Waals surface area contributed by atoms with Crippen molar-refractivity contribution in [3.63, 3.8) is 0 Å². The first-order chi connectivity index (χ1) is 9.02. The summed E-state index contributed by atoms with van der Waals surface area (Å²) in [5, 5.41) is 9.20. The van der Waals surface area contributed by atoms with Crippen molar-refractivity contribution in [1.82, 2.24) is 0 Å². The zero-order chi connectivity index (χ0) is 13.7. The van der Waals surface area contributed by atoms with Gasteiger partial charge in [-0.15, -0.1) is 0 Å². The highest BCUT2D eigenvalue weighted by molar-refractivity contribution is 9.12. The topological polar surface area (TPSA) is 37.3 Å². The molecule has 2 atom stereocenters. The maximum absolute atomic E-state index is 13.7. The van der Waals surface area contributed by atoms with Crippen molar-refractivity contribution < 1.29 is 14.3 Å². The minimum absolute atomic E-state index is 0.00249. The van der Waals surface area contributed by atoms with Gasteiger partial charge < -0.3 is 5.11 Å². The number of aromatic hydroxyl groups is 1. The van der Waals surface area contributed by atoms with E-state index in [-0.39, 0.29) is 22.6 Å². The molecule has 1 saturated carbocycles. The van der Waals surface area contributed by atoms with E-state index in [4.69, 9.17) is 11.6 Å². The van der Waals surface area contributed by atoms with E-state index in [1.807, 2.05) is 0 Å². The number of hydrogen-bond acceptors (Lipinski definition) is 2. The summed E-state index contributed by atoms with van der Waals surface area (Å²) >= 11 is 9.31. The third-order valence-corrected chi connectivity index (χ3v) is 5.22. The van der Waals surface area contributed by atoms with Crippen molar-refractivity contribution in [2.45, 2.75) is 19.3 Å². The number of phenols is 1. The van der Waals surface area contributed by atoms with Gasteiger partial charge >= 0.3 is 0 Å². The number of ketones is 1. The van der Waals surface area contributed by atoms with Crippen LogP contribution in [0.4, 0.5) is 4.39 Å². The van der Waals surface area contributed by atoms with Crippen LogP contribution in [0.3, 0.4) is 0 Å². The molecule has 2 nitrogen and oxygen atoms in total. The van der Waals surface area contributed by atoms with Gasteiger partial charge in [-0.25, -0.2) is 4.39 Å². The molecule has 0 aliphatic heterocycles. The first-order valence-corrected chi connectivity index (χ1v) is 7.30. The van der Waals surface area contributed by atoms with Crippen molar-refractivity contribution in [3.05, 3.63) is 33.0 Å². The monoisotopic (exact) mass is 344 g/mol. The standard InChI is InChI=1S/C14H11BrClFO2/c15-11-10(6-2-1-3-7(6)14(11)19)8-4-5-9(18)13(17)12(8)16/h4-7,18H,1-3H2. The summed E-state index contributed by atoms with van der Waals surface area (Å²) in [5.74, 6) is -1.11. The fourth-order valence-electron chi connectivity index (χ4n) is 3.14. The van der Waals surface area contributed by atoms with Crippen LogP contribution in [0.1, 0.15) is 24.8 Å². The molecule has 1 aromatic carbocycles. The van der Waals surface area contributed by atoms with E-state index in [1.165, 1.54) is 6.07 Å². The van der Waals surface area contributed by atoms with Crippen LogP contribution in [0, 0.1) is 17.7 Å². The minimum Gasteiger partial charge on any atom is -0.505 e. The second-order valence-corrected chi connectivity index (χ2v) is 6.17. The first kappa shape index (κ1) is 13.1. The molecule has 1 fully saturated rings. The van der Waals surface area contributed by atoms with Crippen LogP contribution >= 0.6 is 27.5 Å². The van der Waals surface area contributed by atoms with Gasteiger partial charge in [0.2, 0.25) is 0 Å².